The summed E-state index contributed by atoms with van der Waals surface area (Å²) in [5.41, 5.74) is 6.92. The Morgan fingerprint density at radius 2 is 1.41 bits per heavy atom. The Kier molecular flexibility index (Phi) is 6.68. The van der Waals surface area contributed by atoms with Crippen molar-refractivity contribution in [2.75, 3.05) is 6.61 Å². The predicted molar refractivity (Wildman–Crippen MR) is 124 cm³/mol. The summed E-state index contributed by atoms with van der Waals surface area (Å²) in [6.07, 6.45) is 0.0911. The number of rotatable bonds is 7. The number of fused-ring (bicyclic) bond motifs is 1. The lowest BCUT2D eigenvalue weighted by Gasteiger charge is -2.25. The van der Waals surface area contributed by atoms with E-state index in [2.05, 4.69) is 10.9 Å². The van der Waals surface area contributed by atoms with Crippen LogP contribution in [0.5, 0.6) is 5.75 Å². The molecule has 1 atom stereocenters. The van der Waals surface area contributed by atoms with Crippen LogP contribution in [0.25, 0.3) is 0 Å². The molecule has 4 amide bonds. The zero-order valence-electron chi connectivity index (χ0n) is 18.5. The number of hydrogen-bond acceptors (Lipinski definition) is 5. The molecule has 3 aromatic rings. The summed E-state index contributed by atoms with van der Waals surface area (Å²) in [6.45, 7) is 1.62. The first kappa shape index (κ1) is 22.7. The van der Waals surface area contributed by atoms with Crippen molar-refractivity contribution >= 4 is 23.6 Å². The number of hydrazine groups is 1. The topological polar surface area (TPSA) is 105 Å². The third-order valence-corrected chi connectivity index (χ3v) is 5.43. The van der Waals surface area contributed by atoms with E-state index in [0.29, 0.717) is 5.75 Å². The number of benzene rings is 3. The molecule has 0 saturated heterocycles. The molecule has 0 fully saturated rings. The summed E-state index contributed by atoms with van der Waals surface area (Å²) >= 11 is 0. The van der Waals surface area contributed by atoms with Crippen molar-refractivity contribution in [3.63, 3.8) is 0 Å². The van der Waals surface area contributed by atoms with Crippen LogP contribution in [0.3, 0.4) is 0 Å². The molecule has 172 valence electrons. The van der Waals surface area contributed by atoms with Crippen molar-refractivity contribution in [2.45, 2.75) is 19.4 Å². The van der Waals surface area contributed by atoms with Gasteiger partial charge in [0.2, 0.25) is 0 Å². The third kappa shape index (κ3) is 4.96. The van der Waals surface area contributed by atoms with Crippen LogP contribution in [0.15, 0.2) is 78.9 Å². The number of amides is 4. The summed E-state index contributed by atoms with van der Waals surface area (Å²) in [6, 6.07) is 21.5. The van der Waals surface area contributed by atoms with Crippen molar-refractivity contribution in [1.29, 1.82) is 0 Å². The van der Waals surface area contributed by atoms with Crippen LogP contribution in [-0.4, -0.2) is 41.2 Å². The second-order valence-electron chi connectivity index (χ2n) is 7.87. The molecule has 0 aliphatic carbocycles. The number of carbonyl (C=O) groups excluding carboxylic acids is 4. The Bertz CT molecular complexity index is 1190. The highest BCUT2D eigenvalue weighted by atomic mass is 16.5. The van der Waals surface area contributed by atoms with Crippen molar-refractivity contribution in [3.05, 3.63) is 101 Å². The Labute approximate surface area is 196 Å². The minimum atomic E-state index is -1.16. The fourth-order valence-corrected chi connectivity index (χ4v) is 3.66. The van der Waals surface area contributed by atoms with Crippen LogP contribution < -0.4 is 15.6 Å². The van der Waals surface area contributed by atoms with Crippen molar-refractivity contribution in [2.24, 2.45) is 0 Å². The van der Waals surface area contributed by atoms with E-state index in [1.165, 1.54) is 0 Å². The number of imide groups is 1. The molecule has 2 N–H and O–H groups in total. The van der Waals surface area contributed by atoms with Gasteiger partial charge in [-0.25, -0.2) is 0 Å². The summed E-state index contributed by atoms with van der Waals surface area (Å²) in [7, 11) is 0. The molecular weight excluding hydrogens is 434 g/mol. The van der Waals surface area contributed by atoms with E-state index in [0.717, 1.165) is 16.0 Å². The quantitative estimate of drug-likeness (QED) is 0.419. The monoisotopic (exact) mass is 457 g/mol. The Morgan fingerprint density at radius 1 is 0.824 bits per heavy atom. The lowest BCUT2D eigenvalue weighted by atomic mass is 10.0. The van der Waals surface area contributed by atoms with Gasteiger partial charge in [-0.1, -0.05) is 60.2 Å². The van der Waals surface area contributed by atoms with E-state index < -0.39 is 29.7 Å². The van der Waals surface area contributed by atoms with Gasteiger partial charge in [-0.3, -0.25) is 34.9 Å². The van der Waals surface area contributed by atoms with E-state index in [1.54, 1.807) is 60.7 Å². The van der Waals surface area contributed by atoms with Gasteiger partial charge in [0.15, 0.2) is 6.61 Å². The molecule has 3 aromatic carbocycles. The summed E-state index contributed by atoms with van der Waals surface area (Å²) in [4.78, 5) is 52.2. The number of nitrogens with one attached hydrogen (secondary N) is 2. The normalized spacial score (nSPS) is 13.3. The average molecular weight is 457 g/mol. The van der Waals surface area contributed by atoms with Gasteiger partial charge in [0.05, 0.1) is 11.1 Å². The van der Waals surface area contributed by atoms with Gasteiger partial charge < -0.3 is 4.74 Å². The summed E-state index contributed by atoms with van der Waals surface area (Å²) in [5.74, 6) is -1.87. The van der Waals surface area contributed by atoms with Crippen molar-refractivity contribution < 1.29 is 23.9 Å². The number of carbonyl (C=O) groups is 4. The van der Waals surface area contributed by atoms with Gasteiger partial charge in [0.25, 0.3) is 23.6 Å². The lowest BCUT2D eigenvalue weighted by molar-refractivity contribution is -0.132. The van der Waals surface area contributed by atoms with Gasteiger partial charge in [0, 0.05) is 6.42 Å². The maximum absolute atomic E-state index is 13.1. The molecule has 0 bridgehead atoms. The van der Waals surface area contributed by atoms with Crippen LogP contribution in [0.1, 0.15) is 31.8 Å². The second-order valence-corrected chi connectivity index (χ2v) is 7.87. The van der Waals surface area contributed by atoms with Crippen LogP contribution in [0, 0.1) is 6.92 Å². The molecule has 34 heavy (non-hydrogen) atoms. The Morgan fingerprint density at radius 3 is 2.03 bits per heavy atom. The molecule has 1 aliphatic heterocycles. The highest BCUT2D eigenvalue weighted by molar-refractivity contribution is 6.22. The standard InChI is InChI=1S/C26H23N3O5/c1-17-11-13-19(14-12-17)34-16-23(30)27-28-24(31)22(15-18-7-3-2-4-8-18)29-25(32)20-9-5-6-10-21(20)26(29)33/h2-14,22H,15-16H2,1H3,(H,27,30)(H,28,31)/t22-/m0/s1. The average Bonchev–Trinajstić information content (AvgIpc) is 3.11. The molecule has 4 rings (SSSR count). The largest absolute Gasteiger partial charge is 0.484 e. The zero-order chi connectivity index (χ0) is 24.1. The highest BCUT2D eigenvalue weighted by Gasteiger charge is 2.42. The SMILES string of the molecule is Cc1ccc(OCC(=O)NNC(=O)[C@H](Cc2ccccc2)N2C(=O)c3ccccc3C2=O)cc1. The molecule has 0 unspecified atom stereocenters. The lowest BCUT2D eigenvalue weighted by Crippen LogP contribution is -2.55. The molecule has 1 heterocycles. The smallest absolute Gasteiger partial charge is 0.276 e. The molecular formula is C26H23N3O5. The Balaban J connectivity index is 1.45. The highest BCUT2D eigenvalue weighted by Crippen LogP contribution is 2.26. The van der Waals surface area contributed by atoms with E-state index in [9.17, 15) is 19.2 Å². The first-order valence-corrected chi connectivity index (χ1v) is 10.7. The van der Waals surface area contributed by atoms with Crippen LogP contribution in [0.2, 0.25) is 0 Å². The molecule has 0 saturated carbocycles. The predicted octanol–water partition coefficient (Wildman–Crippen LogP) is 2.43. The van der Waals surface area contributed by atoms with Crippen molar-refractivity contribution in [1.82, 2.24) is 15.8 Å². The van der Waals surface area contributed by atoms with E-state index >= 15 is 0 Å². The van der Waals surface area contributed by atoms with Gasteiger partial charge in [-0.15, -0.1) is 0 Å². The fourth-order valence-electron chi connectivity index (χ4n) is 3.66. The van der Waals surface area contributed by atoms with E-state index in [1.807, 2.05) is 25.1 Å². The fraction of sp³-hybridized carbons (Fsp3) is 0.154. The number of hydrogen-bond donors (Lipinski definition) is 2. The van der Waals surface area contributed by atoms with Gasteiger partial charge in [-0.05, 0) is 36.8 Å². The van der Waals surface area contributed by atoms with Crippen LogP contribution in [-0.2, 0) is 16.0 Å². The molecule has 0 radical (unpaired) electrons. The molecule has 0 aromatic heterocycles. The number of aryl methyl sites for hydroxylation is 1. The molecule has 8 nitrogen and oxygen atoms in total. The van der Waals surface area contributed by atoms with Gasteiger partial charge in [0.1, 0.15) is 11.8 Å². The van der Waals surface area contributed by atoms with E-state index in [4.69, 9.17) is 4.74 Å². The van der Waals surface area contributed by atoms with E-state index in [-0.39, 0.29) is 24.2 Å². The van der Waals surface area contributed by atoms with Crippen LogP contribution >= 0.6 is 0 Å². The molecule has 1 aliphatic rings. The summed E-state index contributed by atoms with van der Waals surface area (Å²) in [5, 5.41) is 0. The number of nitrogens with zero attached hydrogens (tertiary/aromatic N) is 1. The zero-order valence-corrected chi connectivity index (χ0v) is 18.5. The van der Waals surface area contributed by atoms with Gasteiger partial charge >= 0.3 is 0 Å². The molecule has 0 spiro atoms. The minimum Gasteiger partial charge on any atom is -0.484 e. The number of ether oxygens (including phenoxy) is 1. The first-order chi connectivity index (χ1) is 16.4. The van der Waals surface area contributed by atoms with Gasteiger partial charge in [-0.2, -0.15) is 0 Å². The van der Waals surface area contributed by atoms with Crippen LogP contribution in [0.4, 0.5) is 0 Å². The minimum absolute atomic E-state index is 0.0911. The first-order valence-electron chi connectivity index (χ1n) is 10.7. The third-order valence-electron chi connectivity index (χ3n) is 5.43. The second kappa shape index (κ2) is 9.99. The maximum atomic E-state index is 13.1. The summed E-state index contributed by atoms with van der Waals surface area (Å²) < 4.78 is 5.41. The van der Waals surface area contributed by atoms with Crippen molar-refractivity contribution in [3.8, 4) is 5.75 Å². The molecule has 8 heteroatoms. The maximum Gasteiger partial charge on any atom is 0.276 e. The Hall–Kier alpha value is -4.46.